The van der Waals surface area contributed by atoms with Gasteiger partial charge in [0, 0.05) is 19.5 Å². The van der Waals surface area contributed by atoms with Gasteiger partial charge in [0.1, 0.15) is 0 Å². The van der Waals surface area contributed by atoms with Gasteiger partial charge in [-0.2, -0.15) is 5.21 Å². The normalized spacial score (nSPS) is 25.3. The van der Waals surface area contributed by atoms with Gasteiger partial charge in [-0.3, -0.25) is 4.90 Å². The van der Waals surface area contributed by atoms with Crippen molar-refractivity contribution in [1.82, 2.24) is 30.8 Å². The molecular weight excluding hydrogens is 192 g/mol. The Balaban J connectivity index is 1.74. The molecule has 6 heteroatoms. The highest BCUT2D eigenvalue weighted by molar-refractivity contribution is 5.08. The smallest absolute Gasteiger partial charge is 0.176 e. The number of tetrazole rings is 1. The number of hydrogen-bond acceptors (Lipinski definition) is 5. The SMILES string of the molecule is C1CCN(C2(Cc3nn[nH]n3)CNC2)C1. The predicted octanol–water partition coefficient (Wildman–Crippen LogP) is -0.820. The van der Waals surface area contributed by atoms with Crippen LogP contribution in [0.2, 0.25) is 0 Å². The minimum absolute atomic E-state index is 0.264. The molecule has 1 aromatic rings. The van der Waals surface area contributed by atoms with E-state index in [1.54, 1.807) is 0 Å². The summed E-state index contributed by atoms with van der Waals surface area (Å²) >= 11 is 0. The lowest BCUT2D eigenvalue weighted by molar-refractivity contribution is 0.0574. The Kier molecular flexibility index (Phi) is 2.17. The van der Waals surface area contributed by atoms with Crippen molar-refractivity contribution in [1.29, 1.82) is 0 Å². The minimum atomic E-state index is 0.264. The highest BCUT2D eigenvalue weighted by Gasteiger charge is 2.44. The largest absolute Gasteiger partial charge is 0.313 e. The van der Waals surface area contributed by atoms with Gasteiger partial charge in [0.15, 0.2) is 5.82 Å². The molecule has 2 aliphatic rings. The Hall–Kier alpha value is -1.01. The van der Waals surface area contributed by atoms with Gasteiger partial charge in [0.25, 0.3) is 0 Å². The maximum Gasteiger partial charge on any atom is 0.176 e. The van der Waals surface area contributed by atoms with E-state index < -0.39 is 0 Å². The van der Waals surface area contributed by atoms with Gasteiger partial charge < -0.3 is 5.32 Å². The second kappa shape index (κ2) is 3.53. The van der Waals surface area contributed by atoms with Crippen molar-refractivity contribution in [2.24, 2.45) is 0 Å². The van der Waals surface area contributed by atoms with Crippen molar-refractivity contribution in [2.75, 3.05) is 26.2 Å². The molecule has 2 saturated heterocycles. The summed E-state index contributed by atoms with van der Waals surface area (Å²) in [5, 5.41) is 17.6. The van der Waals surface area contributed by atoms with Crippen molar-refractivity contribution in [3.05, 3.63) is 5.82 Å². The van der Waals surface area contributed by atoms with Crippen molar-refractivity contribution in [2.45, 2.75) is 24.8 Å². The third-order valence-corrected chi connectivity index (χ3v) is 3.56. The van der Waals surface area contributed by atoms with Gasteiger partial charge >= 0.3 is 0 Å². The average Bonchev–Trinajstić information content (AvgIpc) is 2.84. The number of likely N-dealkylation sites (tertiary alicyclic amines) is 1. The Morgan fingerprint density at radius 1 is 1.27 bits per heavy atom. The van der Waals surface area contributed by atoms with Gasteiger partial charge in [0.2, 0.25) is 0 Å². The summed E-state index contributed by atoms with van der Waals surface area (Å²) in [4.78, 5) is 2.58. The maximum absolute atomic E-state index is 4.05. The zero-order valence-corrected chi connectivity index (χ0v) is 8.74. The molecule has 0 bridgehead atoms. The van der Waals surface area contributed by atoms with E-state index in [2.05, 4.69) is 30.8 Å². The fourth-order valence-corrected chi connectivity index (χ4v) is 2.62. The number of hydrogen-bond donors (Lipinski definition) is 2. The monoisotopic (exact) mass is 208 g/mol. The average molecular weight is 208 g/mol. The molecule has 0 unspecified atom stereocenters. The van der Waals surface area contributed by atoms with Gasteiger partial charge in [0.05, 0.1) is 5.54 Å². The fraction of sp³-hybridized carbons (Fsp3) is 0.889. The van der Waals surface area contributed by atoms with Gasteiger partial charge in [-0.25, -0.2) is 0 Å². The summed E-state index contributed by atoms with van der Waals surface area (Å²) in [6, 6.07) is 0. The first-order valence-electron chi connectivity index (χ1n) is 5.57. The number of H-pyrrole nitrogens is 1. The van der Waals surface area contributed by atoms with E-state index in [1.807, 2.05) is 0 Å². The van der Waals surface area contributed by atoms with Crippen LogP contribution < -0.4 is 5.32 Å². The highest BCUT2D eigenvalue weighted by Crippen LogP contribution is 2.27. The van der Waals surface area contributed by atoms with Gasteiger partial charge in [-0.1, -0.05) is 5.21 Å². The van der Waals surface area contributed by atoms with E-state index in [1.165, 1.54) is 25.9 Å². The van der Waals surface area contributed by atoms with Crippen molar-refractivity contribution >= 4 is 0 Å². The van der Waals surface area contributed by atoms with Crippen LogP contribution in [0, 0.1) is 0 Å². The molecule has 3 heterocycles. The standard InChI is InChI=1S/C9H16N6/c1-2-4-15(3-1)9(6-10-7-9)5-8-11-13-14-12-8/h10H,1-7H2,(H,11,12,13,14). The lowest BCUT2D eigenvalue weighted by Crippen LogP contribution is -2.69. The van der Waals surface area contributed by atoms with E-state index in [4.69, 9.17) is 0 Å². The quantitative estimate of drug-likeness (QED) is 0.679. The van der Waals surface area contributed by atoms with Crippen molar-refractivity contribution < 1.29 is 0 Å². The zero-order valence-electron chi connectivity index (χ0n) is 8.74. The van der Waals surface area contributed by atoms with E-state index in [-0.39, 0.29) is 5.54 Å². The zero-order chi connectivity index (χ0) is 10.1. The van der Waals surface area contributed by atoms with Crippen LogP contribution in [0.1, 0.15) is 18.7 Å². The molecule has 0 aliphatic carbocycles. The lowest BCUT2D eigenvalue weighted by Gasteiger charge is -2.48. The van der Waals surface area contributed by atoms with Crippen LogP contribution >= 0.6 is 0 Å². The molecule has 0 aromatic carbocycles. The van der Waals surface area contributed by atoms with E-state index >= 15 is 0 Å². The molecule has 2 N–H and O–H groups in total. The predicted molar refractivity (Wildman–Crippen MR) is 54.3 cm³/mol. The molecule has 15 heavy (non-hydrogen) atoms. The first-order valence-corrected chi connectivity index (χ1v) is 5.57. The molecule has 0 radical (unpaired) electrons. The summed E-state index contributed by atoms with van der Waals surface area (Å²) < 4.78 is 0. The molecule has 1 aromatic heterocycles. The van der Waals surface area contributed by atoms with E-state index in [9.17, 15) is 0 Å². The Labute approximate surface area is 88.4 Å². The Morgan fingerprint density at radius 2 is 2.07 bits per heavy atom. The molecule has 0 spiro atoms. The number of aromatic amines is 1. The van der Waals surface area contributed by atoms with Crippen LogP contribution in [0.4, 0.5) is 0 Å². The maximum atomic E-state index is 4.05. The molecule has 2 aliphatic heterocycles. The van der Waals surface area contributed by atoms with Crippen LogP contribution in [0.25, 0.3) is 0 Å². The summed E-state index contributed by atoms with van der Waals surface area (Å²) in [7, 11) is 0. The summed E-state index contributed by atoms with van der Waals surface area (Å²) in [6.45, 7) is 4.56. The molecule has 82 valence electrons. The van der Waals surface area contributed by atoms with E-state index in [0.717, 1.165) is 25.3 Å². The molecule has 2 fully saturated rings. The molecule has 6 nitrogen and oxygen atoms in total. The first-order chi connectivity index (χ1) is 7.39. The molecular formula is C9H16N6. The number of nitrogens with zero attached hydrogens (tertiary/aromatic N) is 4. The number of rotatable bonds is 3. The van der Waals surface area contributed by atoms with Crippen molar-refractivity contribution in [3.63, 3.8) is 0 Å². The Bertz CT molecular complexity index is 311. The second-order valence-electron chi connectivity index (χ2n) is 4.53. The summed E-state index contributed by atoms with van der Waals surface area (Å²) in [6.07, 6.45) is 3.57. The molecule has 0 saturated carbocycles. The van der Waals surface area contributed by atoms with Gasteiger partial charge in [-0.05, 0) is 25.9 Å². The van der Waals surface area contributed by atoms with Crippen LogP contribution in [-0.2, 0) is 6.42 Å². The Morgan fingerprint density at radius 3 is 2.60 bits per heavy atom. The molecule has 0 atom stereocenters. The molecule has 0 amide bonds. The highest BCUT2D eigenvalue weighted by atomic mass is 15.5. The minimum Gasteiger partial charge on any atom is -0.313 e. The van der Waals surface area contributed by atoms with Crippen LogP contribution in [-0.4, -0.2) is 57.2 Å². The third kappa shape index (κ3) is 1.53. The topological polar surface area (TPSA) is 69.7 Å². The lowest BCUT2D eigenvalue weighted by atomic mass is 9.86. The molecule has 3 rings (SSSR count). The summed E-state index contributed by atoms with van der Waals surface area (Å²) in [5.41, 5.74) is 0.264. The second-order valence-corrected chi connectivity index (χ2v) is 4.53. The van der Waals surface area contributed by atoms with Crippen LogP contribution in [0.3, 0.4) is 0 Å². The number of aromatic nitrogens is 4. The van der Waals surface area contributed by atoms with E-state index in [0.29, 0.717) is 0 Å². The fourth-order valence-electron chi connectivity index (χ4n) is 2.62. The van der Waals surface area contributed by atoms with Crippen LogP contribution in [0.5, 0.6) is 0 Å². The first kappa shape index (κ1) is 9.23. The number of nitrogens with one attached hydrogen (secondary N) is 2. The van der Waals surface area contributed by atoms with Crippen molar-refractivity contribution in [3.8, 4) is 0 Å². The summed E-state index contributed by atoms with van der Waals surface area (Å²) in [5.74, 6) is 0.836. The third-order valence-electron chi connectivity index (χ3n) is 3.56. The van der Waals surface area contributed by atoms with Crippen LogP contribution in [0.15, 0.2) is 0 Å². The van der Waals surface area contributed by atoms with Gasteiger partial charge in [-0.15, -0.1) is 10.2 Å².